The number of hydrogen-bond acceptors (Lipinski definition) is 4. The van der Waals surface area contributed by atoms with Crippen molar-refractivity contribution in [3.8, 4) is 0 Å². The van der Waals surface area contributed by atoms with Crippen LogP contribution in [0.1, 0.15) is 15.9 Å². The first-order valence-corrected chi connectivity index (χ1v) is 5.82. The Morgan fingerprint density at radius 1 is 1.35 bits per heavy atom. The van der Waals surface area contributed by atoms with Crippen molar-refractivity contribution in [1.29, 1.82) is 0 Å². The summed E-state index contributed by atoms with van der Waals surface area (Å²) in [6.07, 6.45) is 3.31. The van der Waals surface area contributed by atoms with Crippen molar-refractivity contribution in [1.82, 2.24) is 14.8 Å². The molecule has 1 fully saturated rings. The first-order valence-electron chi connectivity index (χ1n) is 5.82. The van der Waals surface area contributed by atoms with Gasteiger partial charge in [0.05, 0.1) is 5.56 Å². The molecule has 0 atom stereocenters. The van der Waals surface area contributed by atoms with E-state index in [1.165, 1.54) is 0 Å². The molecule has 0 spiro atoms. The molecule has 1 aliphatic rings. The van der Waals surface area contributed by atoms with Crippen LogP contribution >= 0.6 is 0 Å². The van der Waals surface area contributed by atoms with Gasteiger partial charge in [-0.2, -0.15) is 0 Å². The van der Waals surface area contributed by atoms with E-state index in [0.29, 0.717) is 12.1 Å². The average Bonchev–Trinajstić information content (AvgIpc) is 2.39. The van der Waals surface area contributed by atoms with Crippen molar-refractivity contribution in [2.75, 3.05) is 33.2 Å². The maximum Gasteiger partial charge on any atom is 0.255 e. The second kappa shape index (κ2) is 5.25. The topological polar surface area (TPSA) is 62.5 Å². The van der Waals surface area contributed by atoms with Crippen LogP contribution in [0.4, 0.5) is 0 Å². The summed E-state index contributed by atoms with van der Waals surface area (Å²) in [5, 5.41) is 0. The number of hydrogen-bond donors (Lipinski definition) is 1. The molecule has 0 aliphatic carbocycles. The Bertz CT molecular complexity index is 399. The molecule has 0 unspecified atom stereocenters. The molecule has 0 radical (unpaired) electrons. The van der Waals surface area contributed by atoms with Gasteiger partial charge in [-0.25, -0.2) is 0 Å². The van der Waals surface area contributed by atoms with Crippen LogP contribution in [0, 0.1) is 0 Å². The predicted molar refractivity (Wildman–Crippen MR) is 65.5 cm³/mol. The highest BCUT2D eigenvalue weighted by Crippen LogP contribution is 2.08. The Morgan fingerprint density at radius 3 is 2.71 bits per heavy atom. The lowest BCUT2D eigenvalue weighted by atomic mass is 10.1. The first-order chi connectivity index (χ1) is 8.20. The predicted octanol–water partition coefficient (Wildman–Crippen LogP) is -0.0721. The minimum absolute atomic E-state index is 0.0564. The first kappa shape index (κ1) is 12.0. The number of amides is 1. The number of rotatable bonds is 2. The molecule has 1 saturated heterocycles. The van der Waals surface area contributed by atoms with Gasteiger partial charge in [0.25, 0.3) is 5.91 Å². The summed E-state index contributed by atoms with van der Waals surface area (Å²) in [6, 6.07) is 1.83. The number of carbonyl (C=O) groups excluding carboxylic acids is 1. The number of piperazine rings is 1. The van der Waals surface area contributed by atoms with Crippen molar-refractivity contribution in [2.45, 2.75) is 6.54 Å². The molecule has 2 N–H and O–H groups in total. The van der Waals surface area contributed by atoms with Crippen LogP contribution in [0.3, 0.4) is 0 Å². The number of nitrogens with zero attached hydrogens (tertiary/aromatic N) is 3. The van der Waals surface area contributed by atoms with E-state index in [2.05, 4.69) is 16.9 Å². The third kappa shape index (κ3) is 2.81. The molecule has 1 amide bonds. The van der Waals surface area contributed by atoms with E-state index in [9.17, 15) is 4.79 Å². The zero-order chi connectivity index (χ0) is 12.3. The van der Waals surface area contributed by atoms with Crippen LogP contribution in [0.2, 0.25) is 0 Å². The zero-order valence-corrected chi connectivity index (χ0v) is 10.1. The molecular weight excluding hydrogens is 216 g/mol. The van der Waals surface area contributed by atoms with Gasteiger partial charge in [0.15, 0.2) is 0 Å². The van der Waals surface area contributed by atoms with Crippen LogP contribution in [-0.2, 0) is 6.54 Å². The van der Waals surface area contributed by atoms with Gasteiger partial charge < -0.3 is 15.5 Å². The standard InChI is InChI=1S/C12H18N4O/c1-15-2-4-16(5-3-15)12(17)11-6-10(7-13)8-14-9-11/h6,8-9H,2-5,7,13H2,1H3. The molecule has 2 heterocycles. The summed E-state index contributed by atoms with van der Waals surface area (Å²) in [5.41, 5.74) is 7.07. The van der Waals surface area contributed by atoms with E-state index in [-0.39, 0.29) is 5.91 Å². The quantitative estimate of drug-likeness (QED) is 0.778. The highest BCUT2D eigenvalue weighted by atomic mass is 16.2. The van der Waals surface area contributed by atoms with Crippen LogP contribution in [0.5, 0.6) is 0 Å². The lowest BCUT2D eigenvalue weighted by molar-refractivity contribution is 0.0663. The fourth-order valence-corrected chi connectivity index (χ4v) is 1.91. The van der Waals surface area contributed by atoms with E-state index in [1.807, 2.05) is 11.0 Å². The average molecular weight is 234 g/mol. The monoisotopic (exact) mass is 234 g/mol. The van der Waals surface area contributed by atoms with Crippen molar-refractivity contribution < 1.29 is 4.79 Å². The van der Waals surface area contributed by atoms with E-state index in [4.69, 9.17) is 5.73 Å². The van der Waals surface area contributed by atoms with Crippen molar-refractivity contribution >= 4 is 5.91 Å². The van der Waals surface area contributed by atoms with E-state index >= 15 is 0 Å². The van der Waals surface area contributed by atoms with Gasteiger partial charge in [0.2, 0.25) is 0 Å². The van der Waals surface area contributed by atoms with Gasteiger partial charge >= 0.3 is 0 Å². The normalized spacial score (nSPS) is 17.2. The summed E-state index contributed by atoms with van der Waals surface area (Å²) in [7, 11) is 2.07. The lowest BCUT2D eigenvalue weighted by Crippen LogP contribution is -2.47. The largest absolute Gasteiger partial charge is 0.336 e. The van der Waals surface area contributed by atoms with Gasteiger partial charge in [-0.1, -0.05) is 0 Å². The van der Waals surface area contributed by atoms with Crippen LogP contribution in [-0.4, -0.2) is 53.9 Å². The molecule has 1 aromatic rings. The minimum Gasteiger partial charge on any atom is -0.336 e. The second-order valence-corrected chi connectivity index (χ2v) is 4.38. The molecule has 2 rings (SSSR count). The van der Waals surface area contributed by atoms with Gasteiger partial charge in [0.1, 0.15) is 0 Å². The SMILES string of the molecule is CN1CCN(C(=O)c2cncc(CN)c2)CC1. The highest BCUT2D eigenvalue weighted by molar-refractivity contribution is 5.94. The smallest absolute Gasteiger partial charge is 0.255 e. The molecule has 5 heteroatoms. The summed E-state index contributed by atoms with van der Waals surface area (Å²) in [5.74, 6) is 0.0564. The Hall–Kier alpha value is -1.46. The van der Waals surface area contributed by atoms with E-state index in [0.717, 1.165) is 31.7 Å². The van der Waals surface area contributed by atoms with Crippen molar-refractivity contribution in [2.24, 2.45) is 5.73 Å². The van der Waals surface area contributed by atoms with Crippen LogP contribution < -0.4 is 5.73 Å². The van der Waals surface area contributed by atoms with Crippen molar-refractivity contribution in [3.63, 3.8) is 0 Å². The number of nitrogens with two attached hydrogens (primary N) is 1. The van der Waals surface area contributed by atoms with Gasteiger partial charge in [-0.3, -0.25) is 9.78 Å². The molecule has 0 saturated carbocycles. The molecule has 0 aromatic carbocycles. The third-order valence-corrected chi connectivity index (χ3v) is 3.07. The second-order valence-electron chi connectivity index (χ2n) is 4.38. The molecule has 1 aliphatic heterocycles. The Morgan fingerprint density at radius 2 is 2.06 bits per heavy atom. The van der Waals surface area contributed by atoms with Crippen LogP contribution in [0.25, 0.3) is 0 Å². The highest BCUT2D eigenvalue weighted by Gasteiger charge is 2.20. The lowest BCUT2D eigenvalue weighted by Gasteiger charge is -2.32. The summed E-state index contributed by atoms with van der Waals surface area (Å²) in [4.78, 5) is 20.3. The maximum absolute atomic E-state index is 12.2. The fourth-order valence-electron chi connectivity index (χ4n) is 1.91. The van der Waals surface area contributed by atoms with Gasteiger partial charge in [-0.15, -0.1) is 0 Å². The van der Waals surface area contributed by atoms with E-state index in [1.54, 1.807) is 12.4 Å². The zero-order valence-electron chi connectivity index (χ0n) is 10.1. The molecule has 0 bridgehead atoms. The third-order valence-electron chi connectivity index (χ3n) is 3.07. The Labute approximate surface area is 101 Å². The number of aromatic nitrogens is 1. The fraction of sp³-hybridized carbons (Fsp3) is 0.500. The summed E-state index contributed by atoms with van der Waals surface area (Å²) < 4.78 is 0. The Balaban J connectivity index is 2.08. The Kier molecular flexibility index (Phi) is 3.71. The minimum atomic E-state index is 0.0564. The maximum atomic E-state index is 12.2. The molecule has 5 nitrogen and oxygen atoms in total. The number of pyridine rings is 1. The van der Waals surface area contributed by atoms with Gasteiger partial charge in [-0.05, 0) is 18.7 Å². The number of carbonyl (C=O) groups is 1. The van der Waals surface area contributed by atoms with E-state index < -0.39 is 0 Å². The van der Waals surface area contributed by atoms with Gasteiger partial charge in [0, 0.05) is 45.1 Å². The molecular formula is C12H18N4O. The van der Waals surface area contributed by atoms with Crippen molar-refractivity contribution in [3.05, 3.63) is 29.6 Å². The summed E-state index contributed by atoms with van der Waals surface area (Å²) >= 11 is 0. The molecule has 17 heavy (non-hydrogen) atoms. The summed E-state index contributed by atoms with van der Waals surface area (Å²) in [6.45, 7) is 3.83. The molecule has 1 aromatic heterocycles. The van der Waals surface area contributed by atoms with Crippen LogP contribution in [0.15, 0.2) is 18.5 Å². The number of likely N-dealkylation sites (N-methyl/N-ethyl adjacent to an activating group) is 1. The molecule has 92 valence electrons.